The first-order chi connectivity index (χ1) is 11.5. The van der Waals surface area contributed by atoms with Gasteiger partial charge in [0.25, 0.3) is 0 Å². The summed E-state index contributed by atoms with van der Waals surface area (Å²) in [5.74, 6) is 1.25. The largest absolute Gasteiger partial charge is 0.396 e. The number of rotatable bonds is 8. The van der Waals surface area contributed by atoms with Crippen LogP contribution in [-0.2, 0) is 6.54 Å². The Morgan fingerprint density at radius 1 is 1.29 bits per heavy atom. The molecule has 7 heteroatoms. The molecule has 1 aromatic heterocycles. The Morgan fingerprint density at radius 2 is 2.08 bits per heavy atom. The summed E-state index contributed by atoms with van der Waals surface area (Å²) in [5, 5.41) is 12.3. The van der Waals surface area contributed by atoms with Crippen molar-refractivity contribution in [3.8, 4) is 0 Å². The lowest BCUT2D eigenvalue weighted by Crippen LogP contribution is -2.34. The first kappa shape index (κ1) is 18.1. The van der Waals surface area contributed by atoms with Gasteiger partial charge in [-0.3, -0.25) is 4.90 Å². The number of hydrogen-bond acceptors (Lipinski definition) is 7. The molecule has 1 heterocycles. The van der Waals surface area contributed by atoms with Gasteiger partial charge in [-0.2, -0.15) is 15.0 Å². The molecule has 0 amide bonds. The molecule has 0 aliphatic carbocycles. The van der Waals surface area contributed by atoms with Crippen molar-refractivity contribution in [1.29, 1.82) is 0 Å². The van der Waals surface area contributed by atoms with Crippen LogP contribution >= 0.6 is 0 Å². The van der Waals surface area contributed by atoms with Crippen molar-refractivity contribution in [2.45, 2.75) is 39.8 Å². The Kier molecular flexibility index (Phi) is 6.45. The Morgan fingerprint density at radius 3 is 2.75 bits per heavy atom. The molecule has 1 unspecified atom stereocenters. The van der Waals surface area contributed by atoms with Gasteiger partial charge in [-0.05, 0) is 44.5 Å². The summed E-state index contributed by atoms with van der Waals surface area (Å²) in [7, 11) is 0. The highest BCUT2D eigenvalue weighted by Gasteiger charge is 2.15. The molecule has 0 fully saturated rings. The Hall–Kier alpha value is -2.25. The van der Waals surface area contributed by atoms with Crippen LogP contribution in [0.15, 0.2) is 24.3 Å². The zero-order valence-corrected chi connectivity index (χ0v) is 14.5. The molecule has 2 aromatic rings. The SMILES string of the molecule is CCN(Cc1nc(N)nc(Nc2cccc(C)c2)n1)C(C)CCO. The van der Waals surface area contributed by atoms with E-state index in [2.05, 4.69) is 39.0 Å². The van der Waals surface area contributed by atoms with Gasteiger partial charge in [0.2, 0.25) is 11.9 Å². The number of nitrogen functional groups attached to an aromatic ring is 1. The molecule has 0 saturated carbocycles. The van der Waals surface area contributed by atoms with Gasteiger partial charge in [-0.1, -0.05) is 19.1 Å². The smallest absolute Gasteiger partial charge is 0.232 e. The summed E-state index contributed by atoms with van der Waals surface area (Å²) in [6, 6.07) is 8.21. The molecular weight excluding hydrogens is 304 g/mol. The van der Waals surface area contributed by atoms with Crippen molar-refractivity contribution in [3.63, 3.8) is 0 Å². The number of aliphatic hydroxyl groups excluding tert-OH is 1. The third-order valence-electron chi connectivity index (χ3n) is 3.89. The molecule has 0 spiro atoms. The number of nitrogens with zero attached hydrogens (tertiary/aromatic N) is 4. The second-order valence-electron chi connectivity index (χ2n) is 5.85. The molecule has 4 N–H and O–H groups in total. The summed E-state index contributed by atoms with van der Waals surface area (Å²) in [5.41, 5.74) is 7.89. The maximum atomic E-state index is 9.12. The lowest BCUT2D eigenvalue weighted by atomic mass is 10.2. The van der Waals surface area contributed by atoms with E-state index in [1.54, 1.807) is 0 Å². The zero-order chi connectivity index (χ0) is 17.5. The van der Waals surface area contributed by atoms with Crippen LogP contribution in [0.4, 0.5) is 17.6 Å². The van der Waals surface area contributed by atoms with E-state index in [1.165, 1.54) is 0 Å². The summed E-state index contributed by atoms with van der Waals surface area (Å²) in [4.78, 5) is 15.1. The zero-order valence-electron chi connectivity index (χ0n) is 14.5. The molecule has 1 aromatic carbocycles. The van der Waals surface area contributed by atoms with Crippen LogP contribution in [0.25, 0.3) is 0 Å². The van der Waals surface area contributed by atoms with E-state index in [4.69, 9.17) is 10.8 Å². The second kappa shape index (κ2) is 8.56. The van der Waals surface area contributed by atoms with Crippen LogP contribution in [0.2, 0.25) is 0 Å². The van der Waals surface area contributed by atoms with Crippen molar-refractivity contribution in [3.05, 3.63) is 35.7 Å². The van der Waals surface area contributed by atoms with Crippen molar-refractivity contribution in [1.82, 2.24) is 19.9 Å². The van der Waals surface area contributed by atoms with Gasteiger partial charge in [-0.25, -0.2) is 0 Å². The fourth-order valence-electron chi connectivity index (χ4n) is 2.55. The van der Waals surface area contributed by atoms with E-state index in [9.17, 15) is 0 Å². The molecular formula is C17H26N6O. The van der Waals surface area contributed by atoms with E-state index >= 15 is 0 Å². The monoisotopic (exact) mass is 330 g/mol. The van der Waals surface area contributed by atoms with Crippen molar-refractivity contribution >= 4 is 17.6 Å². The van der Waals surface area contributed by atoms with Gasteiger partial charge >= 0.3 is 0 Å². The Balaban J connectivity index is 2.15. The highest BCUT2D eigenvalue weighted by molar-refractivity contribution is 5.54. The van der Waals surface area contributed by atoms with Gasteiger partial charge in [0.15, 0.2) is 0 Å². The topological polar surface area (TPSA) is 100 Å². The minimum atomic E-state index is 0.164. The molecule has 0 aliphatic heterocycles. The van der Waals surface area contributed by atoms with Crippen LogP contribution in [0, 0.1) is 6.92 Å². The van der Waals surface area contributed by atoms with Crippen LogP contribution in [0.3, 0.4) is 0 Å². The standard InChI is InChI=1S/C17H26N6O/c1-4-23(13(3)8-9-24)11-15-20-16(18)22-17(21-15)19-14-7-5-6-12(2)10-14/h5-7,10,13,24H,4,8-9,11H2,1-3H3,(H3,18,19,20,21,22). The molecule has 24 heavy (non-hydrogen) atoms. The number of aromatic nitrogens is 3. The normalized spacial score (nSPS) is 12.4. The molecule has 2 rings (SSSR count). The first-order valence-corrected chi connectivity index (χ1v) is 8.20. The minimum Gasteiger partial charge on any atom is -0.396 e. The molecule has 0 radical (unpaired) electrons. The van der Waals surface area contributed by atoms with E-state index < -0.39 is 0 Å². The first-order valence-electron chi connectivity index (χ1n) is 8.20. The molecule has 0 aliphatic rings. The fourth-order valence-corrected chi connectivity index (χ4v) is 2.55. The second-order valence-corrected chi connectivity index (χ2v) is 5.85. The number of nitrogens with one attached hydrogen (secondary N) is 1. The number of anilines is 3. The summed E-state index contributed by atoms with van der Waals surface area (Å²) in [6.45, 7) is 7.75. The number of hydrogen-bond donors (Lipinski definition) is 3. The predicted octanol–water partition coefficient (Wildman–Crippen LogP) is 2.10. The number of aryl methyl sites for hydroxylation is 1. The summed E-state index contributed by atoms with van der Waals surface area (Å²) < 4.78 is 0. The highest BCUT2D eigenvalue weighted by atomic mass is 16.3. The molecule has 0 saturated heterocycles. The summed E-state index contributed by atoms with van der Waals surface area (Å²) in [6.07, 6.45) is 0.711. The van der Waals surface area contributed by atoms with E-state index in [0.29, 0.717) is 24.7 Å². The lowest BCUT2D eigenvalue weighted by molar-refractivity contribution is 0.164. The van der Waals surface area contributed by atoms with Crippen LogP contribution in [-0.4, -0.2) is 44.2 Å². The van der Waals surface area contributed by atoms with Gasteiger partial charge in [0.1, 0.15) is 5.82 Å². The van der Waals surface area contributed by atoms with Gasteiger partial charge in [0.05, 0.1) is 6.54 Å². The van der Waals surface area contributed by atoms with E-state index in [0.717, 1.165) is 17.8 Å². The van der Waals surface area contributed by atoms with Gasteiger partial charge in [-0.15, -0.1) is 0 Å². The number of nitrogens with two attached hydrogens (primary N) is 1. The summed E-state index contributed by atoms with van der Waals surface area (Å²) >= 11 is 0. The van der Waals surface area contributed by atoms with Crippen molar-refractivity contribution in [2.24, 2.45) is 0 Å². The molecule has 0 bridgehead atoms. The van der Waals surface area contributed by atoms with Crippen molar-refractivity contribution < 1.29 is 5.11 Å². The molecule has 7 nitrogen and oxygen atoms in total. The predicted molar refractivity (Wildman–Crippen MR) is 95.9 cm³/mol. The number of aliphatic hydroxyl groups is 1. The molecule has 130 valence electrons. The van der Waals surface area contributed by atoms with Gasteiger partial charge in [0, 0.05) is 18.3 Å². The average molecular weight is 330 g/mol. The third-order valence-corrected chi connectivity index (χ3v) is 3.89. The van der Waals surface area contributed by atoms with E-state index in [1.807, 2.05) is 31.2 Å². The van der Waals surface area contributed by atoms with Crippen LogP contribution in [0.1, 0.15) is 31.7 Å². The van der Waals surface area contributed by atoms with Crippen LogP contribution < -0.4 is 11.1 Å². The molecule has 1 atom stereocenters. The van der Waals surface area contributed by atoms with Crippen molar-refractivity contribution in [2.75, 3.05) is 24.2 Å². The Bertz CT molecular complexity index is 663. The lowest BCUT2D eigenvalue weighted by Gasteiger charge is -2.26. The maximum absolute atomic E-state index is 9.12. The minimum absolute atomic E-state index is 0.164. The maximum Gasteiger partial charge on any atom is 0.232 e. The van der Waals surface area contributed by atoms with Crippen LogP contribution in [0.5, 0.6) is 0 Å². The number of benzene rings is 1. The van der Waals surface area contributed by atoms with E-state index in [-0.39, 0.29) is 18.6 Å². The Labute approximate surface area is 143 Å². The quantitative estimate of drug-likeness (QED) is 0.681. The third kappa shape index (κ3) is 5.14. The highest BCUT2D eigenvalue weighted by Crippen LogP contribution is 2.16. The fraction of sp³-hybridized carbons (Fsp3) is 0.471. The average Bonchev–Trinajstić information content (AvgIpc) is 2.52. The van der Waals surface area contributed by atoms with Gasteiger partial charge < -0.3 is 16.2 Å².